The minimum atomic E-state index is -3.71. The van der Waals surface area contributed by atoms with Crippen LogP contribution in [0.15, 0.2) is 47.4 Å². The molecule has 1 aliphatic rings. The van der Waals surface area contributed by atoms with Crippen molar-refractivity contribution in [3.8, 4) is 5.75 Å². The van der Waals surface area contributed by atoms with Crippen LogP contribution in [-0.2, 0) is 14.8 Å². The molecule has 3 rings (SSSR count). The Hall–Kier alpha value is -2.33. The highest BCUT2D eigenvalue weighted by atomic mass is 35.5. The third-order valence-electron chi connectivity index (χ3n) is 4.99. The van der Waals surface area contributed by atoms with Crippen molar-refractivity contribution in [1.29, 1.82) is 0 Å². The van der Waals surface area contributed by atoms with E-state index in [9.17, 15) is 13.2 Å². The van der Waals surface area contributed by atoms with E-state index in [0.29, 0.717) is 24.9 Å². The topological polar surface area (TPSA) is 97.0 Å². The monoisotopic (exact) mass is 481 g/mol. The van der Waals surface area contributed by atoms with Crippen LogP contribution >= 0.6 is 11.6 Å². The number of anilines is 1. The zero-order chi connectivity index (χ0) is 23.3. The maximum atomic E-state index is 12.9. The van der Waals surface area contributed by atoms with E-state index in [2.05, 4.69) is 24.5 Å². The fourth-order valence-electron chi connectivity index (χ4n) is 3.20. The van der Waals surface area contributed by atoms with Crippen LogP contribution in [0.4, 0.5) is 10.5 Å². The smallest absolute Gasteiger partial charge is 0.322 e. The van der Waals surface area contributed by atoms with Gasteiger partial charge in [0.25, 0.3) is 0 Å². The lowest BCUT2D eigenvalue weighted by molar-refractivity contribution is 0.0730. The molecule has 0 saturated carbocycles. The number of hydrogen-bond acceptors (Lipinski definition) is 5. The average Bonchev–Trinajstić information content (AvgIpc) is 2.76. The fourth-order valence-corrected chi connectivity index (χ4v) is 4.80. The molecule has 10 heteroatoms. The zero-order valence-corrected chi connectivity index (χ0v) is 19.9. The first-order valence-electron chi connectivity index (χ1n) is 10.4. The SMILES string of the molecule is CC(NC(=O)Nc1cc(S(=O)(=O)N2CCOCC2)ccc1Cl)Oc1ccc(C(C)C)cc1. The molecule has 8 nitrogen and oxygen atoms in total. The molecule has 0 radical (unpaired) electrons. The number of nitrogens with zero attached hydrogens (tertiary/aromatic N) is 1. The highest BCUT2D eigenvalue weighted by Gasteiger charge is 2.27. The third-order valence-corrected chi connectivity index (χ3v) is 7.21. The summed E-state index contributed by atoms with van der Waals surface area (Å²) >= 11 is 6.18. The zero-order valence-electron chi connectivity index (χ0n) is 18.3. The summed E-state index contributed by atoms with van der Waals surface area (Å²) < 4.78 is 38.0. The van der Waals surface area contributed by atoms with Gasteiger partial charge in [-0.05, 0) is 48.7 Å². The van der Waals surface area contributed by atoms with Gasteiger partial charge in [0.1, 0.15) is 5.75 Å². The van der Waals surface area contributed by atoms with Crippen LogP contribution in [-0.4, -0.2) is 51.3 Å². The highest BCUT2D eigenvalue weighted by molar-refractivity contribution is 7.89. The van der Waals surface area contributed by atoms with Gasteiger partial charge in [-0.2, -0.15) is 4.31 Å². The second-order valence-corrected chi connectivity index (χ2v) is 10.1. The van der Waals surface area contributed by atoms with E-state index in [4.69, 9.17) is 21.1 Å². The Kier molecular flexibility index (Phi) is 8.00. The van der Waals surface area contributed by atoms with Crippen LogP contribution in [0.3, 0.4) is 0 Å². The first-order valence-corrected chi connectivity index (χ1v) is 12.2. The molecular formula is C22H28ClN3O5S. The Labute approximate surface area is 193 Å². The first-order chi connectivity index (χ1) is 15.2. The van der Waals surface area contributed by atoms with E-state index in [1.165, 1.54) is 28.1 Å². The van der Waals surface area contributed by atoms with E-state index < -0.39 is 22.3 Å². The van der Waals surface area contributed by atoms with E-state index in [1.807, 2.05) is 24.3 Å². The van der Waals surface area contributed by atoms with Gasteiger partial charge in [-0.15, -0.1) is 0 Å². The first kappa shape index (κ1) is 24.3. The quantitative estimate of drug-likeness (QED) is 0.582. The molecule has 2 N–H and O–H groups in total. The number of sulfonamides is 1. The molecule has 0 aliphatic carbocycles. The predicted octanol–water partition coefficient (Wildman–Crippen LogP) is 4.03. The molecule has 1 atom stereocenters. The van der Waals surface area contributed by atoms with Crippen molar-refractivity contribution in [2.45, 2.75) is 37.8 Å². The van der Waals surface area contributed by atoms with Crippen molar-refractivity contribution in [2.24, 2.45) is 0 Å². The standard InChI is InChI=1S/C22H28ClN3O5S/c1-15(2)17-4-6-18(7-5-17)31-16(3)24-22(27)25-21-14-19(8-9-20(21)23)32(28,29)26-10-12-30-13-11-26/h4-9,14-16H,10-13H2,1-3H3,(H2,24,25,27). The number of benzene rings is 2. The normalized spacial score (nSPS) is 15.9. The summed E-state index contributed by atoms with van der Waals surface area (Å²) in [6, 6.07) is 11.3. The molecule has 1 saturated heterocycles. The lowest BCUT2D eigenvalue weighted by Gasteiger charge is -2.26. The number of carbonyl (C=O) groups excluding carboxylic acids is 1. The van der Waals surface area contributed by atoms with Crippen molar-refractivity contribution in [3.05, 3.63) is 53.1 Å². The summed E-state index contributed by atoms with van der Waals surface area (Å²) in [7, 11) is -3.71. The summed E-state index contributed by atoms with van der Waals surface area (Å²) in [6.07, 6.45) is -0.626. The number of rotatable bonds is 7. The van der Waals surface area contributed by atoms with Crippen molar-refractivity contribution in [2.75, 3.05) is 31.6 Å². The van der Waals surface area contributed by atoms with Crippen molar-refractivity contribution >= 4 is 33.3 Å². The fraction of sp³-hybridized carbons (Fsp3) is 0.409. The van der Waals surface area contributed by atoms with Gasteiger partial charge in [0, 0.05) is 13.1 Å². The molecule has 1 aliphatic heterocycles. The van der Waals surface area contributed by atoms with E-state index >= 15 is 0 Å². The van der Waals surface area contributed by atoms with Crippen LogP contribution in [0.2, 0.25) is 5.02 Å². The number of carbonyl (C=O) groups is 1. The minimum absolute atomic E-state index is 0.0497. The van der Waals surface area contributed by atoms with E-state index in [0.717, 1.165) is 0 Å². The van der Waals surface area contributed by atoms with Crippen LogP contribution in [0.5, 0.6) is 5.75 Å². The predicted molar refractivity (Wildman–Crippen MR) is 124 cm³/mol. The molecule has 32 heavy (non-hydrogen) atoms. The van der Waals surface area contributed by atoms with Crippen molar-refractivity contribution in [3.63, 3.8) is 0 Å². The molecule has 1 heterocycles. The van der Waals surface area contributed by atoms with Gasteiger partial charge in [-0.1, -0.05) is 37.6 Å². The number of hydrogen-bond donors (Lipinski definition) is 2. The number of urea groups is 1. The lowest BCUT2D eigenvalue weighted by atomic mass is 10.0. The molecule has 1 unspecified atom stereocenters. The van der Waals surface area contributed by atoms with Crippen LogP contribution < -0.4 is 15.4 Å². The molecule has 0 aromatic heterocycles. The summed E-state index contributed by atoms with van der Waals surface area (Å²) in [5.74, 6) is 1.04. The number of morpholine rings is 1. The second kappa shape index (κ2) is 10.5. The number of halogens is 1. The van der Waals surface area contributed by atoms with Gasteiger partial charge >= 0.3 is 6.03 Å². The molecule has 0 spiro atoms. The summed E-state index contributed by atoms with van der Waals surface area (Å²) in [6.45, 7) is 7.16. The largest absolute Gasteiger partial charge is 0.471 e. The van der Waals surface area contributed by atoms with E-state index in [-0.39, 0.29) is 28.7 Å². The number of ether oxygens (including phenoxy) is 2. The molecule has 2 aromatic carbocycles. The Morgan fingerprint density at radius 1 is 1.09 bits per heavy atom. The molecule has 1 fully saturated rings. The molecule has 174 valence electrons. The van der Waals surface area contributed by atoms with Gasteiger partial charge in [0.2, 0.25) is 10.0 Å². The van der Waals surface area contributed by atoms with Gasteiger partial charge in [0.15, 0.2) is 6.23 Å². The van der Waals surface area contributed by atoms with Crippen LogP contribution in [0.25, 0.3) is 0 Å². The van der Waals surface area contributed by atoms with Gasteiger partial charge in [0.05, 0.1) is 28.8 Å². The van der Waals surface area contributed by atoms with Gasteiger partial charge in [-0.3, -0.25) is 0 Å². The third kappa shape index (κ3) is 6.13. The Morgan fingerprint density at radius 2 is 1.75 bits per heavy atom. The Bertz CT molecular complexity index is 1040. The van der Waals surface area contributed by atoms with Gasteiger partial charge < -0.3 is 20.1 Å². The molecular weight excluding hydrogens is 454 g/mol. The highest BCUT2D eigenvalue weighted by Crippen LogP contribution is 2.27. The summed E-state index contributed by atoms with van der Waals surface area (Å²) in [4.78, 5) is 12.5. The number of nitrogens with one attached hydrogen (secondary N) is 2. The van der Waals surface area contributed by atoms with Crippen LogP contribution in [0.1, 0.15) is 32.3 Å². The Morgan fingerprint density at radius 3 is 2.38 bits per heavy atom. The van der Waals surface area contributed by atoms with Crippen molar-refractivity contribution in [1.82, 2.24) is 9.62 Å². The lowest BCUT2D eigenvalue weighted by Crippen LogP contribution is -2.41. The second-order valence-electron chi connectivity index (χ2n) is 7.74. The molecule has 0 bridgehead atoms. The Balaban J connectivity index is 1.63. The van der Waals surface area contributed by atoms with Crippen LogP contribution in [0, 0.1) is 0 Å². The molecule has 2 aromatic rings. The molecule has 2 amide bonds. The maximum absolute atomic E-state index is 12.9. The minimum Gasteiger partial charge on any atom is -0.471 e. The number of amides is 2. The average molecular weight is 482 g/mol. The maximum Gasteiger partial charge on any atom is 0.322 e. The van der Waals surface area contributed by atoms with Gasteiger partial charge in [-0.25, -0.2) is 13.2 Å². The summed E-state index contributed by atoms with van der Waals surface area (Å²) in [5.41, 5.74) is 1.38. The summed E-state index contributed by atoms with van der Waals surface area (Å²) in [5, 5.41) is 5.47. The van der Waals surface area contributed by atoms with Crippen molar-refractivity contribution < 1.29 is 22.7 Å². The van der Waals surface area contributed by atoms with E-state index in [1.54, 1.807) is 6.92 Å².